The van der Waals surface area contributed by atoms with E-state index in [1.54, 1.807) is 25.1 Å². The highest BCUT2D eigenvalue weighted by atomic mass is 28.3. The summed E-state index contributed by atoms with van der Waals surface area (Å²) in [6.07, 6.45) is -2.09. The number of benzene rings is 1. The summed E-state index contributed by atoms with van der Waals surface area (Å²) in [6, 6.07) is 7.35. The molecule has 0 saturated carbocycles. The van der Waals surface area contributed by atoms with E-state index in [-0.39, 0.29) is 23.5 Å². The van der Waals surface area contributed by atoms with Gasteiger partial charge in [0.05, 0.1) is 10.9 Å². The molecular formula is C21H26F3N3O2Si. The van der Waals surface area contributed by atoms with Crippen LogP contribution < -0.4 is 10.5 Å². The Morgan fingerprint density at radius 3 is 2.50 bits per heavy atom. The number of hydrogen-bond acceptors (Lipinski definition) is 4. The van der Waals surface area contributed by atoms with Gasteiger partial charge in [0.15, 0.2) is 0 Å². The van der Waals surface area contributed by atoms with Crippen LogP contribution in [0, 0.1) is 6.92 Å². The molecule has 162 valence electrons. The molecule has 0 spiro atoms. The molecule has 0 aliphatic carbocycles. The van der Waals surface area contributed by atoms with Crippen molar-refractivity contribution in [2.45, 2.75) is 45.5 Å². The second-order valence-corrected chi connectivity index (χ2v) is 14.1. The van der Waals surface area contributed by atoms with Gasteiger partial charge in [-0.1, -0.05) is 19.6 Å². The molecule has 2 N–H and O–H groups in total. The number of nitrogens with two attached hydrogens (primary N) is 1. The zero-order valence-electron chi connectivity index (χ0n) is 17.5. The van der Waals surface area contributed by atoms with Crippen molar-refractivity contribution in [3.05, 3.63) is 47.8 Å². The van der Waals surface area contributed by atoms with Gasteiger partial charge in [0, 0.05) is 32.8 Å². The predicted octanol–water partition coefficient (Wildman–Crippen LogP) is 6.05. The zero-order valence-corrected chi connectivity index (χ0v) is 18.5. The fraction of sp³-hybridized carbons (Fsp3) is 0.381. The number of hydrogen-bond donors (Lipinski definition) is 1. The van der Waals surface area contributed by atoms with Gasteiger partial charge in [-0.2, -0.15) is 13.2 Å². The number of fused-ring (bicyclic) bond motifs is 1. The number of aryl methyl sites for hydroxylation is 1. The molecule has 0 fully saturated rings. The molecule has 0 amide bonds. The molecule has 0 saturated heterocycles. The average molecular weight is 438 g/mol. The summed E-state index contributed by atoms with van der Waals surface area (Å²) < 4.78 is 54.2. The Morgan fingerprint density at radius 1 is 1.13 bits per heavy atom. The largest absolute Gasteiger partial charge is 0.456 e. The summed E-state index contributed by atoms with van der Waals surface area (Å²) in [4.78, 5) is 4.17. The van der Waals surface area contributed by atoms with Crippen LogP contribution in [0.1, 0.15) is 11.1 Å². The lowest BCUT2D eigenvalue weighted by Gasteiger charge is -2.15. The van der Waals surface area contributed by atoms with E-state index in [0.29, 0.717) is 18.0 Å². The molecule has 0 atom stereocenters. The summed E-state index contributed by atoms with van der Waals surface area (Å²) in [7, 11) is -1.29. The first-order valence-corrected chi connectivity index (χ1v) is 13.3. The third-order valence-electron chi connectivity index (χ3n) is 4.67. The fourth-order valence-corrected chi connectivity index (χ4v) is 3.79. The number of halogens is 3. The molecule has 1 aromatic carbocycles. The molecule has 2 aromatic heterocycles. The van der Waals surface area contributed by atoms with Crippen LogP contribution >= 0.6 is 0 Å². The Kier molecular flexibility index (Phi) is 6.14. The lowest BCUT2D eigenvalue weighted by molar-refractivity contribution is -0.136. The summed E-state index contributed by atoms with van der Waals surface area (Å²) in [5.74, 6) is 0.519. The first kappa shape index (κ1) is 22.2. The predicted molar refractivity (Wildman–Crippen MR) is 115 cm³/mol. The van der Waals surface area contributed by atoms with E-state index in [9.17, 15) is 13.2 Å². The van der Waals surface area contributed by atoms with Gasteiger partial charge >= 0.3 is 6.18 Å². The Balaban J connectivity index is 1.97. The minimum Gasteiger partial charge on any atom is -0.456 e. The highest BCUT2D eigenvalue weighted by molar-refractivity contribution is 6.76. The van der Waals surface area contributed by atoms with Crippen LogP contribution in [0.15, 0.2) is 36.7 Å². The van der Waals surface area contributed by atoms with Gasteiger partial charge in [-0.3, -0.25) is 0 Å². The summed E-state index contributed by atoms with van der Waals surface area (Å²) in [5.41, 5.74) is 6.39. The molecule has 5 nitrogen and oxygen atoms in total. The van der Waals surface area contributed by atoms with Gasteiger partial charge in [0.2, 0.25) is 0 Å². The van der Waals surface area contributed by atoms with Crippen LogP contribution in [0.25, 0.3) is 11.0 Å². The molecule has 0 unspecified atom stereocenters. The molecule has 3 rings (SSSR count). The maximum Gasteiger partial charge on any atom is 0.418 e. The Morgan fingerprint density at radius 2 is 1.87 bits per heavy atom. The quantitative estimate of drug-likeness (QED) is 0.278. The lowest BCUT2D eigenvalue weighted by atomic mass is 10.2. The second-order valence-electron chi connectivity index (χ2n) is 8.49. The van der Waals surface area contributed by atoms with Crippen LogP contribution in [0.5, 0.6) is 11.5 Å². The minimum atomic E-state index is -4.56. The first-order chi connectivity index (χ1) is 14.0. The first-order valence-electron chi connectivity index (χ1n) is 9.62. The van der Waals surface area contributed by atoms with Crippen molar-refractivity contribution < 1.29 is 22.6 Å². The van der Waals surface area contributed by atoms with Gasteiger partial charge in [0.25, 0.3) is 0 Å². The van der Waals surface area contributed by atoms with Crippen molar-refractivity contribution in [3.63, 3.8) is 0 Å². The second kappa shape index (κ2) is 8.31. The average Bonchev–Trinajstić information content (AvgIpc) is 3.00. The Hall–Kier alpha value is -2.52. The summed E-state index contributed by atoms with van der Waals surface area (Å²) in [6.45, 7) is 8.92. The van der Waals surface area contributed by atoms with E-state index in [2.05, 4.69) is 24.6 Å². The molecule has 3 aromatic rings. The van der Waals surface area contributed by atoms with Gasteiger partial charge in [-0.15, -0.1) is 0 Å². The van der Waals surface area contributed by atoms with Crippen LogP contribution in [0.3, 0.4) is 0 Å². The van der Waals surface area contributed by atoms with Gasteiger partial charge in [0.1, 0.15) is 23.9 Å². The SMILES string of the molecule is Cc1cc(N)ccc1Oc1ccnc2c1c(C(F)(F)F)cn2COCC[Si](C)(C)C. The number of nitrogen functional groups attached to an aromatic ring is 1. The van der Waals surface area contributed by atoms with Crippen molar-refractivity contribution >= 4 is 24.8 Å². The lowest BCUT2D eigenvalue weighted by Crippen LogP contribution is -2.22. The number of anilines is 1. The highest BCUT2D eigenvalue weighted by Crippen LogP contribution is 2.41. The molecule has 0 radical (unpaired) electrons. The highest BCUT2D eigenvalue weighted by Gasteiger charge is 2.36. The smallest absolute Gasteiger partial charge is 0.418 e. The van der Waals surface area contributed by atoms with Gasteiger partial charge in [-0.05, 0) is 42.8 Å². The maximum absolute atomic E-state index is 13.8. The summed E-state index contributed by atoms with van der Waals surface area (Å²) >= 11 is 0. The standard InChI is InChI=1S/C21H26F3N3O2Si/c1-14-11-15(25)5-6-17(14)29-18-7-8-26-20-19(18)16(21(22,23)24)12-27(20)13-28-9-10-30(2,3)4/h5-8,11-12H,9-10,13,25H2,1-4H3. The minimum absolute atomic E-state index is 0.00554. The number of nitrogens with zero attached hydrogens (tertiary/aromatic N) is 2. The van der Waals surface area contributed by atoms with Gasteiger partial charge < -0.3 is 19.8 Å². The Bertz CT molecular complexity index is 1040. The maximum atomic E-state index is 13.8. The monoisotopic (exact) mass is 437 g/mol. The molecule has 0 aliphatic heterocycles. The number of alkyl halides is 3. The van der Waals surface area contributed by atoms with E-state index < -0.39 is 19.8 Å². The van der Waals surface area contributed by atoms with Crippen molar-refractivity contribution in [2.24, 2.45) is 0 Å². The van der Waals surface area contributed by atoms with Crippen LogP contribution in [-0.4, -0.2) is 24.2 Å². The third kappa shape index (κ3) is 5.14. The van der Waals surface area contributed by atoms with E-state index in [0.717, 1.165) is 17.8 Å². The third-order valence-corrected chi connectivity index (χ3v) is 6.37. The number of aromatic nitrogens is 2. The number of rotatable bonds is 7. The van der Waals surface area contributed by atoms with E-state index in [1.165, 1.54) is 16.8 Å². The van der Waals surface area contributed by atoms with Crippen LogP contribution in [-0.2, 0) is 17.6 Å². The molecule has 0 aliphatic rings. The number of ether oxygens (including phenoxy) is 2. The van der Waals surface area contributed by atoms with Crippen molar-refractivity contribution in [1.29, 1.82) is 0 Å². The van der Waals surface area contributed by atoms with Crippen molar-refractivity contribution in [3.8, 4) is 11.5 Å². The summed E-state index contributed by atoms with van der Waals surface area (Å²) in [5, 5.41) is -0.0879. The molecule has 0 bridgehead atoms. The Labute approximate surface area is 174 Å². The topological polar surface area (TPSA) is 62.3 Å². The van der Waals surface area contributed by atoms with Crippen LogP contribution in [0.4, 0.5) is 18.9 Å². The van der Waals surface area contributed by atoms with E-state index in [1.807, 2.05) is 0 Å². The molecule has 9 heteroatoms. The normalized spacial score (nSPS) is 12.5. The zero-order chi connectivity index (χ0) is 22.1. The molecule has 30 heavy (non-hydrogen) atoms. The van der Waals surface area contributed by atoms with Crippen molar-refractivity contribution in [1.82, 2.24) is 9.55 Å². The van der Waals surface area contributed by atoms with Crippen molar-refractivity contribution in [2.75, 3.05) is 12.3 Å². The van der Waals surface area contributed by atoms with Crippen LogP contribution in [0.2, 0.25) is 25.7 Å². The molecule has 2 heterocycles. The fourth-order valence-electron chi connectivity index (χ4n) is 3.03. The van der Waals surface area contributed by atoms with E-state index in [4.69, 9.17) is 15.2 Å². The number of pyridine rings is 1. The van der Waals surface area contributed by atoms with E-state index >= 15 is 0 Å². The van der Waals surface area contributed by atoms with Gasteiger partial charge in [-0.25, -0.2) is 4.98 Å². The molecular weight excluding hydrogens is 411 g/mol.